The van der Waals surface area contributed by atoms with E-state index in [1.165, 1.54) is 0 Å². The second-order valence-electron chi connectivity index (χ2n) is 6.29. The van der Waals surface area contributed by atoms with Gasteiger partial charge in [-0.25, -0.2) is 4.98 Å². The largest absolute Gasteiger partial charge is 0.351 e. The lowest BCUT2D eigenvalue weighted by Crippen LogP contribution is -2.31. The molecule has 1 aromatic heterocycles. The van der Waals surface area contributed by atoms with Crippen molar-refractivity contribution in [1.82, 2.24) is 15.2 Å². The van der Waals surface area contributed by atoms with Crippen LogP contribution in [0.25, 0.3) is 22.2 Å². The van der Waals surface area contributed by atoms with Crippen molar-refractivity contribution < 1.29 is 4.79 Å². The van der Waals surface area contributed by atoms with E-state index in [2.05, 4.69) is 21.2 Å². The van der Waals surface area contributed by atoms with Crippen LogP contribution >= 0.6 is 27.5 Å². The molecule has 0 atom stereocenters. The first kappa shape index (κ1) is 18.8. The van der Waals surface area contributed by atoms with Gasteiger partial charge in [-0.1, -0.05) is 39.7 Å². The molecule has 134 valence electrons. The van der Waals surface area contributed by atoms with Crippen LogP contribution in [0.1, 0.15) is 10.4 Å². The molecule has 0 unspecified atom stereocenters. The molecule has 0 aliphatic rings. The summed E-state index contributed by atoms with van der Waals surface area (Å²) in [6, 6.07) is 15.1. The fourth-order valence-corrected chi connectivity index (χ4v) is 3.24. The Morgan fingerprint density at radius 2 is 2.00 bits per heavy atom. The van der Waals surface area contributed by atoms with E-state index < -0.39 is 0 Å². The molecule has 26 heavy (non-hydrogen) atoms. The maximum Gasteiger partial charge on any atom is 0.252 e. The standard InChI is InChI=1S/C20H19BrClN3O/c1-25(2)9-8-23-20(26)17-12-19(13-4-3-5-14(21)10-13)24-18-7-6-15(22)11-16(17)18/h3-7,10-12H,8-9H2,1-2H3,(H,23,26). The fourth-order valence-electron chi connectivity index (χ4n) is 2.67. The first-order valence-electron chi connectivity index (χ1n) is 8.23. The molecular weight excluding hydrogens is 414 g/mol. The highest BCUT2D eigenvalue weighted by Gasteiger charge is 2.14. The van der Waals surface area contributed by atoms with Crippen LogP contribution in [-0.4, -0.2) is 43.0 Å². The minimum Gasteiger partial charge on any atom is -0.351 e. The smallest absolute Gasteiger partial charge is 0.252 e. The zero-order valence-corrected chi connectivity index (χ0v) is 16.9. The van der Waals surface area contributed by atoms with Gasteiger partial charge in [0.15, 0.2) is 0 Å². The summed E-state index contributed by atoms with van der Waals surface area (Å²) in [5, 5.41) is 4.30. The van der Waals surface area contributed by atoms with E-state index in [1.54, 1.807) is 12.1 Å². The highest BCUT2D eigenvalue weighted by atomic mass is 79.9. The lowest BCUT2D eigenvalue weighted by atomic mass is 10.0. The normalized spacial score (nSPS) is 11.1. The molecule has 1 N–H and O–H groups in total. The number of nitrogens with zero attached hydrogens (tertiary/aromatic N) is 2. The molecule has 0 bridgehead atoms. The summed E-state index contributed by atoms with van der Waals surface area (Å²) in [6.07, 6.45) is 0. The summed E-state index contributed by atoms with van der Waals surface area (Å²) in [5.41, 5.74) is 3.01. The minimum absolute atomic E-state index is 0.127. The maximum absolute atomic E-state index is 12.8. The third-order valence-electron chi connectivity index (χ3n) is 3.98. The van der Waals surface area contributed by atoms with Gasteiger partial charge in [0, 0.05) is 33.5 Å². The van der Waals surface area contributed by atoms with E-state index in [0.29, 0.717) is 17.1 Å². The Kier molecular flexibility index (Phi) is 5.91. The summed E-state index contributed by atoms with van der Waals surface area (Å²) in [6.45, 7) is 1.34. The fraction of sp³-hybridized carbons (Fsp3) is 0.200. The van der Waals surface area contributed by atoms with Gasteiger partial charge >= 0.3 is 0 Å². The lowest BCUT2D eigenvalue weighted by Gasteiger charge is -2.13. The highest BCUT2D eigenvalue weighted by molar-refractivity contribution is 9.10. The van der Waals surface area contributed by atoms with E-state index in [4.69, 9.17) is 16.6 Å². The number of carbonyl (C=O) groups excluding carboxylic acids is 1. The molecule has 0 radical (unpaired) electrons. The van der Waals surface area contributed by atoms with E-state index in [-0.39, 0.29) is 5.91 Å². The van der Waals surface area contributed by atoms with E-state index in [1.807, 2.05) is 55.4 Å². The first-order valence-corrected chi connectivity index (χ1v) is 9.40. The number of hydrogen-bond donors (Lipinski definition) is 1. The zero-order chi connectivity index (χ0) is 18.7. The van der Waals surface area contributed by atoms with Crippen LogP contribution < -0.4 is 5.32 Å². The third kappa shape index (κ3) is 4.41. The van der Waals surface area contributed by atoms with Gasteiger partial charge in [0.05, 0.1) is 16.8 Å². The monoisotopic (exact) mass is 431 g/mol. The lowest BCUT2D eigenvalue weighted by molar-refractivity contribution is 0.0952. The van der Waals surface area contributed by atoms with Crippen LogP contribution in [0.15, 0.2) is 53.0 Å². The second-order valence-corrected chi connectivity index (χ2v) is 7.64. The van der Waals surface area contributed by atoms with E-state index >= 15 is 0 Å². The molecule has 1 amide bonds. The summed E-state index contributed by atoms with van der Waals surface area (Å²) >= 11 is 9.63. The van der Waals surface area contributed by atoms with E-state index in [9.17, 15) is 4.79 Å². The predicted octanol–water partition coefficient (Wildman–Crippen LogP) is 4.61. The molecule has 6 heteroatoms. The Labute approximate surface area is 166 Å². The Hall–Kier alpha value is -1.95. The van der Waals surface area contributed by atoms with E-state index in [0.717, 1.165) is 33.2 Å². The maximum atomic E-state index is 12.8. The van der Waals surface area contributed by atoms with Gasteiger partial charge in [0.25, 0.3) is 5.91 Å². The topological polar surface area (TPSA) is 45.2 Å². The number of fused-ring (bicyclic) bond motifs is 1. The van der Waals surface area contributed by atoms with Crippen LogP contribution in [0.3, 0.4) is 0 Å². The number of carbonyl (C=O) groups is 1. The molecule has 0 aliphatic heterocycles. The molecule has 0 spiro atoms. The Morgan fingerprint density at radius 1 is 1.19 bits per heavy atom. The number of nitrogens with one attached hydrogen (secondary N) is 1. The minimum atomic E-state index is -0.127. The molecule has 2 aromatic carbocycles. The second kappa shape index (κ2) is 8.16. The van der Waals surface area contributed by atoms with Crippen molar-refractivity contribution in [1.29, 1.82) is 0 Å². The number of benzene rings is 2. The molecule has 3 rings (SSSR count). The third-order valence-corrected chi connectivity index (χ3v) is 4.71. The van der Waals surface area contributed by atoms with Crippen LogP contribution in [-0.2, 0) is 0 Å². The van der Waals surface area contributed by atoms with Gasteiger partial charge in [-0.05, 0) is 50.5 Å². The van der Waals surface area contributed by atoms with Gasteiger partial charge in [0.1, 0.15) is 0 Å². The van der Waals surface area contributed by atoms with Crippen molar-refractivity contribution in [3.63, 3.8) is 0 Å². The Bertz CT molecular complexity index is 959. The summed E-state index contributed by atoms with van der Waals surface area (Å²) < 4.78 is 0.963. The Balaban J connectivity index is 2.06. The van der Waals surface area contributed by atoms with Gasteiger partial charge in [0.2, 0.25) is 0 Å². The highest BCUT2D eigenvalue weighted by Crippen LogP contribution is 2.28. The average molecular weight is 433 g/mol. The summed E-state index contributed by atoms with van der Waals surface area (Å²) in [5.74, 6) is -0.127. The van der Waals surface area contributed by atoms with Crippen molar-refractivity contribution in [3.8, 4) is 11.3 Å². The number of hydrogen-bond acceptors (Lipinski definition) is 3. The number of rotatable bonds is 5. The number of pyridine rings is 1. The summed E-state index contributed by atoms with van der Waals surface area (Å²) in [4.78, 5) is 19.5. The molecule has 0 saturated carbocycles. The molecule has 4 nitrogen and oxygen atoms in total. The molecule has 1 heterocycles. The van der Waals surface area contributed by atoms with Crippen molar-refractivity contribution in [2.45, 2.75) is 0 Å². The van der Waals surface area contributed by atoms with Crippen molar-refractivity contribution in [2.24, 2.45) is 0 Å². The van der Waals surface area contributed by atoms with Crippen LogP contribution in [0.5, 0.6) is 0 Å². The van der Waals surface area contributed by atoms with Crippen molar-refractivity contribution >= 4 is 44.3 Å². The van der Waals surface area contributed by atoms with Gasteiger partial charge in [-0.15, -0.1) is 0 Å². The van der Waals surface area contributed by atoms with Crippen LogP contribution in [0.2, 0.25) is 5.02 Å². The number of amides is 1. The quantitative estimate of drug-likeness (QED) is 0.640. The molecule has 3 aromatic rings. The van der Waals surface area contributed by atoms with Gasteiger partial charge in [-0.3, -0.25) is 4.79 Å². The number of aromatic nitrogens is 1. The SMILES string of the molecule is CN(C)CCNC(=O)c1cc(-c2cccc(Br)c2)nc2ccc(Cl)cc12. The van der Waals surface area contributed by atoms with Gasteiger partial charge < -0.3 is 10.2 Å². The molecule has 0 fully saturated rings. The number of halogens is 2. The first-order chi connectivity index (χ1) is 12.4. The zero-order valence-electron chi connectivity index (χ0n) is 14.6. The predicted molar refractivity (Wildman–Crippen MR) is 111 cm³/mol. The van der Waals surface area contributed by atoms with Crippen molar-refractivity contribution in [2.75, 3.05) is 27.2 Å². The Morgan fingerprint density at radius 3 is 2.73 bits per heavy atom. The van der Waals surface area contributed by atoms with Crippen LogP contribution in [0, 0.1) is 0 Å². The van der Waals surface area contributed by atoms with Gasteiger partial charge in [-0.2, -0.15) is 0 Å². The summed E-state index contributed by atoms with van der Waals surface area (Å²) in [7, 11) is 3.94. The van der Waals surface area contributed by atoms with Crippen LogP contribution in [0.4, 0.5) is 0 Å². The number of likely N-dealkylation sites (N-methyl/N-ethyl adjacent to an activating group) is 1. The molecular formula is C20H19BrClN3O. The average Bonchev–Trinajstić information content (AvgIpc) is 2.60. The molecule has 0 saturated heterocycles. The van der Waals surface area contributed by atoms with Crippen molar-refractivity contribution in [3.05, 3.63) is 63.6 Å². The molecule has 0 aliphatic carbocycles.